The number of hydrogen-bond acceptors (Lipinski definition) is 2. The molecular formula is C6H8N2O2. The van der Waals surface area contributed by atoms with Crippen molar-refractivity contribution in [3.8, 4) is 0 Å². The van der Waals surface area contributed by atoms with Crippen molar-refractivity contribution in [3.63, 3.8) is 0 Å². The summed E-state index contributed by atoms with van der Waals surface area (Å²) in [5.41, 5.74) is -0.920. The average molecular weight is 140 g/mol. The van der Waals surface area contributed by atoms with Gasteiger partial charge in [-0.2, -0.15) is 0 Å². The van der Waals surface area contributed by atoms with E-state index in [-0.39, 0.29) is 5.91 Å². The van der Waals surface area contributed by atoms with Crippen molar-refractivity contribution >= 4 is 11.9 Å². The lowest BCUT2D eigenvalue weighted by Crippen LogP contribution is -2.41. The molecule has 4 heteroatoms. The first kappa shape index (κ1) is 6.80. The van der Waals surface area contributed by atoms with Gasteiger partial charge < -0.3 is 5.32 Å². The van der Waals surface area contributed by atoms with E-state index >= 15 is 0 Å². The predicted octanol–water partition coefficient (Wildman–Crippen LogP) is -0.230. The Hall–Kier alpha value is -1.32. The summed E-state index contributed by atoms with van der Waals surface area (Å²) in [5.74, 6) is -0.354. The molecule has 1 unspecified atom stereocenters. The molecule has 3 amide bonds. The van der Waals surface area contributed by atoms with Gasteiger partial charge in [0.25, 0.3) is 5.91 Å². The SMILES string of the molecule is C=CC1(C)NC(=O)NC1=O. The summed E-state index contributed by atoms with van der Waals surface area (Å²) < 4.78 is 0. The highest BCUT2D eigenvalue weighted by Gasteiger charge is 2.38. The van der Waals surface area contributed by atoms with Crippen molar-refractivity contribution in [2.45, 2.75) is 12.5 Å². The topological polar surface area (TPSA) is 58.2 Å². The maximum atomic E-state index is 10.9. The number of hydrogen-bond donors (Lipinski definition) is 2. The van der Waals surface area contributed by atoms with Gasteiger partial charge in [-0.3, -0.25) is 10.1 Å². The highest BCUT2D eigenvalue weighted by Crippen LogP contribution is 2.09. The zero-order valence-electron chi connectivity index (χ0n) is 5.60. The van der Waals surface area contributed by atoms with Gasteiger partial charge in [-0.05, 0) is 6.92 Å². The van der Waals surface area contributed by atoms with Crippen molar-refractivity contribution in [1.82, 2.24) is 10.6 Å². The van der Waals surface area contributed by atoms with E-state index in [1.807, 2.05) is 0 Å². The van der Waals surface area contributed by atoms with Crippen LogP contribution in [0.4, 0.5) is 4.79 Å². The highest BCUT2D eigenvalue weighted by molar-refractivity contribution is 6.07. The van der Waals surface area contributed by atoms with Gasteiger partial charge >= 0.3 is 6.03 Å². The van der Waals surface area contributed by atoms with Crippen LogP contribution in [0.15, 0.2) is 12.7 Å². The monoisotopic (exact) mass is 140 g/mol. The van der Waals surface area contributed by atoms with E-state index in [4.69, 9.17) is 0 Å². The molecule has 0 radical (unpaired) electrons. The summed E-state index contributed by atoms with van der Waals surface area (Å²) in [6, 6.07) is -0.465. The number of carbonyl (C=O) groups excluding carboxylic acids is 2. The minimum Gasteiger partial charge on any atom is -0.320 e. The summed E-state index contributed by atoms with van der Waals surface area (Å²) in [6.07, 6.45) is 1.40. The Labute approximate surface area is 58.3 Å². The molecule has 1 rings (SSSR count). The zero-order chi connectivity index (χ0) is 7.78. The van der Waals surface area contributed by atoms with E-state index in [1.165, 1.54) is 6.08 Å². The Bertz CT molecular complexity index is 212. The molecule has 0 aromatic rings. The molecular weight excluding hydrogens is 132 g/mol. The number of imide groups is 1. The second-order valence-electron chi connectivity index (χ2n) is 2.31. The van der Waals surface area contributed by atoms with E-state index < -0.39 is 11.6 Å². The van der Waals surface area contributed by atoms with E-state index in [0.29, 0.717) is 0 Å². The van der Waals surface area contributed by atoms with Gasteiger partial charge in [0.05, 0.1) is 0 Å². The van der Waals surface area contributed by atoms with Crippen molar-refractivity contribution in [1.29, 1.82) is 0 Å². The van der Waals surface area contributed by atoms with Crippen LogP contribution < -0.4 is 10.6 Å². The molecule has 1 fully saturated rings. The number of rotatable bonds is 1. The summed E-state index contributed by atoms with van der Waals surface area (Å²) >= 11 is 0. The van der Waals surface area contributed by atoms with Crippen molar-refractivity contribution < 1.29 is 9.59 Å². The normalized spacial score (nSPS) is 31.3. The van der Waals surface area contributed by atoms with Crippen LogP contribution in [-0.2, 0) is 4.79 Å². The Morgan fingerprint density at radius 3 is 2.40 bits per heavy atom. The third-order valence-electron chi connectivity index (χ3n) is 1.48. The first-order valence-electron chi connectivity index (χ1n) is 2.86. The van der Waals surface area contributed by atoms with Crippen LogP contribution in [0.2, 0.25) is 0 Å². The smallest absolute Gasteiger partial charge is 0.320 e. The van der Waals surface area contributed by atoms with Gasteiger partial charge in [-0.15, -0.1) is 6.58 Å². The third kappa shape index (κ3) is 0.775. The van der Waals surface area contributed by atoms with Crippen molar-refractivity contribution in [2.75, 3.05) is 0 Å². The lowest BCUT2D eigenvalue weighted by Gasteiger charge is -2.13. The Morgan fingerprint density at radius 2 is 2.20 bits per heavy atom. The molecule has 0 aromatic heterocycles. The molecule has 0 saturated carbocycles. The fourth-order valence-corrected chi connectivity index (χ4v) is 0.701. The van der Waals surface area contributed by atoms with Gasteiger partial charge in [-0.1, -0.05) is 6.08 Å². The first-order chi connectivity index (χ1) is 4.58. The fourth-order valence-electron chi connectivity index (χ4n) is 0.701. The van der Waals surface area contributed by atoms with Crippen molar-refractivity contribution in [2.24, 2.45) is 0 Å². The second kappa shape index (κ2) is 1.83. The number of amides is 3. The van der Waals surface area contributed by atoms with E-state index in [2.05, 4.69) is 17.2 Å². The molecule has 1 aliphatic heterocycles. The second-order valence-corrected chi connectivity index (χ2v) is 2.31. The third-order valence-corrected chi connectivity index (χ3v) is 1.48. The van der Waals surface area contributed by atoms with Gasteiger partial charge in [0.15, 0.2) is 0 Å². The summed E-state index contributed by atoms with van der Waals surface area (Å²) in [7, 11) is 0. The average Bonchev–Trinajstić information content (AvgIpc) is 2.09. The van der Waals surface area contributed by atoms with E-state index in [0.717, 1.165) is 0 Å². The predicted molar refractivity (Wildman–Crippen MR) is 35.3 cm³/mol. The molecule has 1 aliphatic rings. The van der Waals surface area contributed by atoms with Crippen LogP contribution in [0.3, 0.4) is 0 Å². The van der Waals surface area contributed by atoms with Crippen LogP contribution in [0.25, 0.3) is 0 Å². The van der Waals surface area contributed by atoms with E-state index in [1.54, 1.807) is 6.92 Å². The van der Waals surface area contributed by atoms with Crippen LogP contribution in [-0.4, -0.2) is 17.5 Å². The summed E-state index contributed by atoms with van der Waals surface area (Å²) in [6.45, 7) is 5.01. The molecule has 0 aliphatic carbocycles. The maximum absolute atomic E-state index is 10.9. The molecule has 4 nitrogen and oxygen atoms in total. The summed E-state index contributed by atoms with van der Waals surface area (Å²) in [5, 5.41) is 4.51. The number of carbonyl (C=O) groups is 2. The lowest BCUT2D eigenvalue weighted by atomic mass is 10.0. The van der Waals surface area contributed by atoms with Gasteiger partial charge in [0, 0.05) is 0 Å². The zero-order valence-corrected chi connectivity index (χ0v) is 5.60. The molecule has 1 atom stereocenters. The molecule has 0 aromatic carbocycles. The first-order valence-corrected chi connectivity index (χ1v) is 2.86. The van der Waals surface area contributed by atoms with Crippen LogP contribution in [0, 0.1) is 0 Å². The van der Waals surface area contributed by atoms with Crippen molar-refractivity contribution in [3.05, 3.63) is 12.7 Å². The molecule has 54 valence electrons. The van der Waals surface area contributed by atoms with Gasteiger partial charge in [0.1, 0.15) is 5.54 Å². The largest absolute Gasteiger partial charge is 0.322 e. The molecule has 2 N–H and O–H groups in total. The Kier molecular flexibility index (Phi) is 1.24. The standard InChI is InChI=1S/C6H8N2O2/c1-3-6(2)4(9)7-5(10)8-6/h3H,1H2,2H3,(H2,7,8,9,10). The minimum absolute atomic E-state index is 0.354. The van der Waals surface area contributed by atoms with Gasteiger partial charge in [0.2, 0.25) is 0 Å². The lowest BCUT2D eigenvalue weighted by molar-refractivity contribution is -0.121. The fraction of sp³-hybridized carbons (Fsp3) is 0.333. The Balaban J connectivity index is 2.90. The molecule has 1 heterocycles. The number of urea groups is 1. The minimum atomic E-state index is -0.920. The van der Waals surface area contributed by atoms with Crippen LogP contribution in [0.1, 0.15) is 6.92 Å². The van der Waals surface area contributed by atoms with E-state index in [9.17, 15) is 9.59 Å². The van der Waals surface area contributed by atoms with Gasteiger partial charge in [-0.25, -0.2) is 4.79 Å². The van der Waals surface area contributed by atoms with Crippen LogP contribution in [0.5, 0.6) is 0 Å². The molecule has 10 heavy (non-hydrogen) atoms. The molecule has 1 saturated heterocycles. The maximum Gasteiger partial charge on any atom is 0.322 e. The van der Waals surface area contributed by atoms with Crippen LogP contribution >= 0.6 is 0 Å². The summed E-state index contributed by atoms with van der Waals surface area (Å²) in [4.78, 5) is 21.4. The highest BCUT2D eigenvalue weighted by atomic mass is 16.2. The number of nitrogens with one attached hydrogen (secondary N) is 2. The Morgan fingerprint density at radius 1 is 1.60 bits per heavy atom. The molecule has 0 bridgehead atoms. The molecule has 0 spiro atoms. The quantitative estimate of drug-likeness (QED) is 0.390.